The molecule has 2 rings (SSSR count). The number of benzene rings is 1. The average Bonchev–Trinajstić information content (AvgIpc) is 2.67. The summed E-state index contributed by atoms with van der Waals surface area (Å²) in [7, 11) is 1.69. The lowest BCUT2D eigenvalue weighted by molar-refractivity contribution is 0.0750. The van der Waals surface area contributed by atoms with Crippen molar-refractivity contribution < 1.29 is 9.90 Å². The molecule has 1 aromatic heterocycles. The molecule has 90 valence electrons. The van der Waals surface area contributed by atoms with Crippen molar-refractivity contribution in [2.45, 2.75) is 13.0 Å². The van der Waals surface area contributed by atoms with Crippen LogP contribution in [0.15, 0.2) is 18.2 Å². The molecule has 0 aliphatic carbocycles. The molecule has 0 saturated heterocycles. The number of aromatic nitrogens is 2. The van der Waals surface area contributed by atoms with Crippen molar-refractivity contribution in [3.05, 3.63) is 29.6 Å². The number of rotatable bonds is 4. The van der Waals surface area contributed by atoms with E-state index in [-0.39, 0.29) is 12.3 Å². The molecule has 0 amide bonds. The van der Waals surface area contributed by atoms with E-state index in [4.69, 9.17) is 0 Å². The highest BCUT2D eigenvalue weighted by Gasteiger charge is 2.16. The Morgan fingerprint density at radius 3 is 3.06 bits per heavy atom. The minimum Gasteiger partial charge on any atom is -0.384 e. The maximum atomic E-state index is 11.9. The van der Waals surface area contributed by atoms with Crippen LogP contribution in [0.3, 0.4) is 0 Å². The Balaban J connectivity index is 2.32. The van der Waals surface area contributed by atoms with Gasteiger partial charge >= 0.3 is 0 Å². The van der Waals surface area contributed by atoms with Gasteiger partial charge in [-0.05, 0) is 32.2 Å². The number of carbonyl (C=O) groups is 1. The summed E-state index contributed by atoms with van der Waals surface area (Å²) >= 11 is 0. The Bertz CT molecular complexity index is 548. The van der Waals surface area contributed by atoms with Crippen LogP contribution >= 0.6 is 0 Å². The maximum absolute atomic E-state index is 11.9. The van der Waals surface area contributed by atoms with Gasteiger partial charge in [-0.1, -0.05) is 0 Å². The Morgan fingerprint density at radius 1 is 1.59 bits per heavy atom. The molecule has 1 aromatic carbocycles. The number of hydrogen-bond donors (Lipinski definition) is 3. The molecular formula is C12H15N3O2. The van der Waals surface area contributed by atoms with Crippen molar-refractivity contribution in [1.82, 2.24) is 15.3 Å². The zero-order chi connectivity index (χ0) is 12.4. The zero-order valence-electron chi connectivity index (χ0n) is 9.82. The van der Waals surface area contributed by atoms with Gasteiger partial charge in [-0.25, -0.2) is 4.98 Å². The molecule has 17 heavy (non-hydrogen) atoms. The third kappa shape index (κ3) is 2.35. The minimum atomic E-state index is -1.01. The number of aromatic amines is 1. The molecule has 0 fully saturated rings. The number of H-pyrrole nitrogens is 1. The number of ketones is 1. The number of aliphatic hydroxyl groups excluding tert-OH is 1. The van der Waals surface area contributed by atoms with E-state index in [0.29, 0.717) is 5.56 Å². The number of nitrogens with one attached hydrogen (secondary N) is 2. The predicted molar refractivity (Wildman–Crippen MR) is 65.1 cm³/mol. The van der Waals surface area contributed by atoms with Crippen LogP contribution in [0, 0.1) is 6.92 Å². The number of aryl methyl sites for hydroxylation is 1. The van der Waals surface area contributed by atoms with Gasteiger partial charge in [0.2, 0.25) is 0 Å². The smallest absolute Gasteiger partial charge is 0.192 e. The maximum Gasteiger partial charge on any atom is 0.192 e. The first kappa shape index (κ1) is 11.8. The first-order valence-corrected chi connectivity index (χ1v) is 5.45. The molecule has 1 atom stereocenters. The highest BCUT2D eigenvalue weighted by Crippen LogP contribution is 2.14. The Kier molecular flexibility index (Phi) is 3.21. The van der Waals surface area contributed by atoms with Crippen LogP contribution in [0.1, 0.15) is 16.2 Å². The van der Waals surface area contributed by atoms with Gasteiger partial charge in [-0.15, -0.1) is 0 Å². The Hall–Kier alpha value is -1.72. The molecule has 0 radical (unpaired) electrons. The van der Waals surface area contributed by atoms with Gasteiger partial charge in [0.1, 0.15) is 11.9 Å². The summed E-state index contributed by atoms with van der Waals surface area (Å²) in [4.78, 5) is 19.2. The average molecular weight is 233 g/mol. The standard InChI is InChI=1S/C12H15N3O2/c1-7-14-9-4-3-8(5-10(9)15-7)12(17)11(16)6-13-2/h3-5,11,13,16H,6H2,1-2H3,(H,14,15). The SMILES string of the molecule is CNCC(O)C(=O)c1ccc2nc(C)[nH]c2c1. The molecule has 0 aliphatic heterocycles. The number of carbonyl (C=O) groups excluding carboxylic acids is 1. The fourth-order valence-electron chi connectivity index (χ4n) is 1.77. The molecule has 0 aliphatic rings. The minimum absolute atomic E-state index is 0.249. The highest BCUT2D eigenvalue weighted by molar-refractivity contribution is 6.01. The first-order valence-electron chi connectivity index (χ1n) is 5.45. The third-order valence-electron chi connectivity index (χ3n) is 2.58. The second kappa shape index (κ2) is 4.65. The number of aliphatic hydroxyl groups is 1. The number of hydrogen-bond acceptors (Lipinski definition) is 4. The fraction of sp³-hybridized carbons (Fsp3) is 0.333. The van der Waals surface area contributed by atoms with Gasteiger partial charge in [0.25, 0.3) is 0 Å². The van der Waals surface area contributed by atoms with Crippen LogP contribution in [0.25, 0.3) is 11.0 Å². The number of likely N-dealkylation sites (N-methyl/N-ethyl adjacent to an activating group) is 1. The second-order valence-corrected chi connectivity index (χ2v) is 3.99. The van der Waals surface area contributed by atoms with E-state index in [1.807, 2.05) is 6.92 Å². The summed E-state index contributed by atoms with van der Waals surface area (Å²) in [6.45, 7) is 2.11. The van der Waals surface area contributed by atoms with Crippen LogP contribution < -0.4 is 5.32 Å². The molecule has 0 spiro atoms. The van der Waals surface area contributed by atoms with E-state index >= 15 is 0 Å². The molecule has 1 heterocycles. The third-order valence-corrected chi connectivity index (χ3v) is 2.58. The summed E-state index contributed by atoms with van der Waals surface area (Å²) in [5, 5.41) is 12.4. The lowest BCUT2D eigenvalue weighted by Crippen LogP contribution is -2.31. The van der Waals surface area contributed by atoms with Crippen LogP contribution in [0.5, 0.6) is 0 Å². The van der Waals surface area contributed by atoms with Crippen molar-refractivity contribution >= 4 is 16.8 Å². The first-order chi connectivity index (χ1) is 8.11. The van der Waals surface area contributed by atoms with Gasteiger partial charge in [0.05, 0.1) is 11.0 Å². The normalized spacial score (nSPS) is 12.9. The molecule has 1 unspecified atom stereocenters. The molecule has 0 saturated carbocycles. The second-order valence-electron chi connectivity index (χ2n) is 3.99. The van der Waals surface area contributed by atoms with Crippen molar-refractivity contribution in [2.24, 2.45) is 0 Å². The molecule has 5 nitrogen and oxygen atoms in total. The molecule has 5 heteroatoms. The molecule has 2 aromatic rings. The van der Waals surface area contributed by atoms with Crippen molar-refractivity contribution in [2.75, 3.05) is 13.6 Å². The lowest BCUT2D eigenvalue weighted by atomic mass is 10.1. The summed E-state index contributed by atoms with van der Waals surface area (Å²) in [5.74, 6) is 0.522. The number of Topliss-reactive ketones (excluding diaryl/α,β-unsaturated/α-hetero) is 1. The van der Waals surface area contributed by atoms with Gasteiger partial charge in [0, 0.05) is 12.1 Å². The highest BCUT2D eigenvalue weighted by atomic mass is 16.3. The molecular weight excluding hydrogens is 218 g/mol. The van der Waals surface area contributed by atoms with Gasteiger partial charge < -0.3 is 15.4 Å². The zero-order valence-corrected chi connectivity index (χ0v) is 9.82. The van der Waals surface area contributed by atoms with Gasteiger partial charge in [-0.3, -0.25) is 4.79 Å². The van der Waals surface area contributed by atoms with Crippen molar-refractivity contribution in [3.63, 3.8) is 0 Å². The lowest BCUT2D eigenvalue weighted by Gasteiger charge is -2.08. The summed E-state index contributed by atoms with van der Waals surface area (Å²) < 4.78 is 0. The fourth-order valence-corrected chi connectivity index (χ4v) is 1.77. The van der Waals surface area contributed by atoms with E-state index in [1.54, 1.807) is 25.2 Å². The quantitative estimate of drug-likeness (QED) is 0.677. The monoisotopic (exact) mass is 233 g/mol. The summed E-state index contributed by atoms with van der Waals surface area (Å²) in [6.07, 6.45) is -1.01. The van der Waals surface area contributed by atoms with E-state index < -0.39 is 6.10 Å². The Labute approximate surface area is 98.9 Å². The topological polar surface area (TPSA) is 78.0 Å². The van der Waals surface area contributed by atoms with E-state index in [2.05, 4.69) is 15.3 Å². The van der Waals surface area contributed by atoms with Crippen LogP contribution in [-0.4, -0.2) is 40.6 Å². The summed E-state index contributed by atoms with van der Waals surface area (Å²) in [6, 6.07) is 5.18. The largest absolute Gasteiger partial charge is 0.384 e. The predicted octanol–water partition coefficient (Wildman–Crippen LogP) is 0.634. The number of fused-ring (bicyclic) bond motifs is 1. The van der Waals surface area contributed by atoms with Gasteiger partial charge in [-0.2, -0.15) is 0 Å². The van der Waals surface area contributed by atoms with Crippen molar-refractivity contribution in [3.8, 4) is 0 Å². The van der Waals surface area contributed by atoms with Crippen LogP contribution in [0.4, 0.5) is 0 Å². The molecule has 0 bridgehead atoms. The van der Waals surface area contributed by atoms with Crippen LogP contribution in [-0.2, 0) is 0 Å². The number of imidazole rings is 1. The van der Waals surface area contributed by atoms with E-state index in [9.17, 15) is 9.90 Å². The van der Waals surface area contributed by atoms with Gasteiger partial charge in [0.15, 0.2) is 5.78 Å². The van der Waals surface area contributed by atoms with Crippen molar-refractivity contribution in [1.29, 1.82) is 0 Å². The molecule has 3 N–H and O–H groups in total. The van der Waals surface area contributed by atoms with E-state index in [1.165, 1.54) is 0 Å². The summed E-state index contributed by atoms with van der Waals surface area (Å²) in [5.41, 5.74) is 2.12. The Morgan fingerprint density at radius 2 is 2.35 bits per heavy atom. The van der Waals surface area contributed by atoms with Crippen LogP contribution in [0.2, 0.25) is 0 Å². The van der Waals surface area contributed by atoms with E-state index in [0.717, 1.165) is 16.9 Å². The number of nitrogens with zero attached hydrogens (tertiary/aromatic N) is 1.